The van der Waals surface area contributed by atoms with Gasteiger partial charge in [-0.05, 0) is 31.6 Å². The number of piperazine rings is 1. The number of ether oxygens (including phenoxy) is 1. The van der Waals surface area contributed by atoms with E-state index in [9.17, 15) is 0 Å². The zero-order chi connectivity index (χ0) is 11.4. The van der Waals surface area contributed by atoms with Crippen LogP contribution in [-0.4, -0.2) is 50.3 Å². The predicted molar refractivity (Wildman–Crippen MR) is 66.7 cm³/mol. The van der Waals surface area contributed by atoms with Gasteiger partial charge in [-0.1, -0.05) is 6.92 Å². The third-order valence-corrected chi connectivity index (χ3v) is 4.32. The number of hydrogen-bond acceptors (Lipinski definition) is 3. The highest BCUT2D eigenvalue weighted by atomic mass is 16.5. The normalized spacial score (nSPS) is 31.5. The van der Waals surface area contributed by atoms with Crippen LogP contribution in [0.1, 0.15) is 33.1 Å². The van der Waals surface area contributed by atoms with Gasteiger partial charge in [0.1, 0.15) is 0 Å². The molecule has 2 aliphatic heterocycles. The van der Waals surface area contributed by atoms with Crippen molar-refractivity contribution < 1.29 is 4.74 Å². The van der Waals surface area contributed by atoms with E-state index >= 15 is 0 Å². The number of nitrogens with zero attached hydrogens (tertiary/aromatic N) is 1. The second-order valence-corrected chi connectivity index (χ2v) is 5.56. The van der Waals surface area contributed by atoms with Gasteiger partial charge in [0.25, 0.3) is 0 Å². The number of hydrogen-bond donors (Lipinski definition) is 1. The Hall–Kier alpha value is -0.120. The van der Waals surface area contributed by atoms with Crippen molar-refractivity contribution in [3.63, 3.8) is 0 Å². The van der Waals surface area contributed by atoms with Crippen LogP contribution in [-0.2, 0) is 4.74 Å². The van der Waals surface area contributed by atoms with Crippen LogP contribution in [0.2, 0.25) is 0 Å². The minimum Gasteiger partial charge on any atom is -0.381 e. The lowest BCUT2D eigenvalue weighted by molar-refractivity contribution is -0.0107. The van der Waals surface area contributed by atoms with Gasteiger partial charge in [0, 0.05) is 45.4 Å². The second kappa shape index (κ2) is 5.48. The summed E-state index contributed by atoms with van der Waals surface area (Å²) in [6.45, 7) is 11.4. The zero-order valence-electron chi connectivity index (χ0n) is 10.8. The van der Waals surface area contributed by atoms with Gasteiger partial charge >= 0.3 is 0 Å². The Balaban J connectivity index is 1.89. The lowest BCUT2D eigenvalue weighted by Gasteiger charge is -2.43. The molecule has 2 heterocycles. The molecule has 0 aromatic carbocycles. The van der Waals surface area contributed by atoms with E-state index in [-0.39, 0.29) is 0 Å². The molecule has 16 heavy (non-hydrogen) atoms. The molecule has 3 nitrogen and oxygen atoms in total. The molecule has 0 saturated carbocycles. The molecule has 1 atom stereocenters. The van der Waals surface area contributed by atoms with E-state index in [4.69, 9.17) is 4.74 Å². The molecule has 0 aromatic heterocycles. The summed E-state index contributed by atoms with van der Waals surface area (Å²) >= 11 is 0. The zero-order valence-corrected chi connectivity index (χ0v) is 10.8. The molecule has 1 N–H and O–H groups in total. The molecule has 0 aromatic rings. The maximum atomic E-state index is 5.51. The van der Waals surface area contributed by atoms with Crippen LogP contribution in [0.15, 0.2) is 0 Å². The molecule has 0 aliphatic carbocycles. The quantitative estimate of drug-likeness (QED) is 0.789. The van der Waals surface area contributed by atoms with Crippen molar-refractivity contribution in [2.45, 2.75) is 39.2 Å². The molecule has 0 radical (unpaired) electrons. The van der Waals surface area contributed by atoms with Crippen LogP contribution in [0, 0.1) is 5.41 Å². The fraction of sp³-hybridized carbons (Fsp3) is 1.00. The Morgan fingerprint density at radius 1 is 1.38 bits per heavy atom. The lowest BCUT2D eigenvalue weighted by atomic mass is 9.77. The van der Waals surface area contributed by atoms with Crippen molar-refractivity contribution >= 4 is 0 Å². The fourth-order valence-electron chi connectivity index (χ4n) is 3.06. The average molecular weight is 226 g/mol. The van der Waals surface area contributed by atoms with Crippen LogP contribution < -0.4 is 5.32 Å². The molecule has 94 valence electrons. The Kier molecular flexibility index (Phi) is 4.22. The van der Waals surface area contributed by atoms with Crippen molar-refractivity contribution in [1.29, 1.82) is 0 Å². The maximum absolute atomic E-state index is 5.51. The van der Waals surface area contributed by atoms with Gasteiger partial charge in [-0.2, -0.15) is 0 Å². The van der Waals surface area contributed by atoms with E-state index in [1.807, 2.05) is 0 Å². The Morgan fingerprint density at radius 3 is 2.75 bits per heavy atom. The maximum Gasteiger partial charge on any atom is 0.0471 e. The summed E-state index contributed by atoms with van der Waals surface area (Å²) in [6.07, 6.45) is 3.80. The van der Waals surface area contributed by atoms with Crippen molar-refractivity contribution in [3.8, 4) is 0 Å². The molecule has 2 rings (SSSR count). The first-order valence-electron chi connectivity index (χ1n) is 6.78. The van der Waals surface area contributed by atoms with Gasteiger partial charge in [-0.3, -0.25) is 4.90 Å². The van der Waals surface area contributed by atoms with E-state index in [1.54, 1.807) is 0 Å². The van der Waals surface area contributed by atoms with E-state index in [0.29, 0.717) is 11.5 Å². The predicted octanol–water partition coefficient (Wildman–Crippen LogP) is 1.49. The van der Waals surface area contributed by atoms with E-state index in [0.717, 1.165) is 19.8 Å². The third-order valence-electron chi connectivity index (χ3n) is 4.32. The SMILES string of the molecule is CCC1(CN2CCN[C@@H](C)C2)CCOCC1. The highest BCUT2D eigenvalue weighted by Gasteiger charge is 2.33. The van der Waals surface area contributed by atoms with E-state index in [1.165, 1.54) is 38.9 Å². The van der Waals surface area contributed by atoms with Crippen molar-refractivity contribution in [3.05, 3.63) is 0 Å². The third kappa shape index (κ3) is 2.96. The topological polar surface area (TPSA) is 24.5 Å². The highest BCUT2D eigenvalue weighted by Crippen LogP contribution is 2.35. The Bertz CT molecular complexity index is 214. The molecule has 2 saturated heterocycles. The van der Waals surface area contributed by atoms with Crippen LogP contribution in [0.3, 0.4) is 0 Å². The van der Waals surface area contributed by atoms with Crippen molar-refractivity contribution in [1.82, 2.24) is 10.2 Å². The fourth-order valence-corrected chi connectivity index (χ4v) is 3.06. The summed E-state index contributed by atoms with van der Waals surface area (Å²) in [5.74, 6) is 0. The summed E-state index contributed by atoms with van der Waals surface area (Å²) in [7, 11) is 0. The van der Waals surface area contributed by atoms with Crippen LogP contribution >= 0.6 is 0 Å². The van der Waals surface area contributed by atoms with Gasteiger partial charge in [0.05, 0.1) is 0 Å². The minimum atomic E-state index is 0.537. The van der Waals surface area contributed by atoms with E-state index in [2.05, 4.69) is 24.1 Å². The van der Waals surface area contributed by atoms with E-state index < -0.39 is 0 Å². The summed E-state index contributed by atoms with van der Waals surface area (Å²) in [5.41, 5.74) is 0.537. The standard InChI is InChI=1S/C13H26N2O/c1-3-13(4-8-16-9-5-13)11-15-7-6-14-12(2)10-15/h12,14H,3-11H2,1-2H3/t12-/m0/s1. The molecule has 0 bridgehead atoms. The minimum absolute atomic E-state index is 0.537. The van der Waals surface area contributed by atoms with Gasteiger partial charge in [-0.15, -0.1) is 0 Å². The summed E-state index contributed by atoms with van der Waals surface area (Å²) in [6, 6.07) is 0.655. The number of rotatable bonds is 3. The average Bonchev–Trinajstić information content (AvgIpc) is 2.30. The van der Waals surface area contributed by atoms with Gasteiger partial charge in [-0.25, -0.2) is 0 Å². The van der Waals surface area contributed by atoms with Gasteiger partial charge in [0.2, 0.25) is 0 Å². The Morgan fingerprint density at radius 2 is 2.12 bits per heavy atom. The highest BCUT2D eigenvalue weighted by molar-refractivity contribution is 4.86. The first-order chi connectivity index (χ1) is 7.74. The number of nitrogens with one attached hydrogen (secondary N) is 1. The van der Waals surface area contributed by atoms with Crippen LogP contribution in [0.25, 0.3) is 0 Å². The lowest BCUT2D eigenvalue weighted by Crippen LogP contribution is -2.52. The largest absolute Gasteiger partial charge is 0.381 e. The smallest absolute Gasteiger partial charge is 0.0471 e. The molecule has 0 amide bonds. The van der Waals surface area contributed by atoms with Crippen LogP contribution in [0.4, 0.5) is 0 Å². The van der Waals surface area contributed by atoms with Gasteiger partial charge in [0.15, 0.2) is 0 Å². The van der Waals surface area contributed by atoms with Crippen molar-refractivity contribution in [2.24, 2.45) is 5.41 Å². The summed E-state index contributed by atoms with van der Waals surface area (Å²) in [5, 5.41) is 3.51. The first kappa shape index (κ1) is 12.3. The molecule has 2 aliphatic rings. The molecular formula is C13H26N2O. The molecule has 3 heteroatoms. The molecule has 2 fully saturated rings. The molecule has 0 spiro atoms. The van der Waals surface area contributed by atoms with Crippen LogP contribution in [0.5, 0.6) is 0 Å². The Labute approximate surface area is 99.5 Å². The second-order valence-electron chi connectivity index (χ2n) is 5.56. The van der Waals surface area contributed by atoms with Gasteiger partial charge < -0.3 is 10.1 Å². The molecular weight excluding hydrogens is 200 g/mol. The summed E-state index contributed by atoms with van der Waals surface area (Å²) < 4.78 is 5.51. The monoisotopic (exact) mass is 226 g/mol. The van der Waals surface area contributed by atoms with Crippen molar-refractivity contribution in [2.75, 3.05) is 39.4 Å². The molecule has 0 unspecified atom stereocenters. The summed E-state index contributed by atoms with van der Waals surface area (Å²) in [4.78, 5) is 2.65. The first-order valence-corrected chi connectivity index (χ1v) is 6.78.